The highest BCUT2D eigenvalue weighted by Gasteiger charge is 2.14. The standard InChI is InChI=1S/C15H26N2/c1-13(11-16-15(2,3)4)17(5)12-14-9-7-6-8-10-14/h6-10,13,16H,11-12H2,1-5H3. The first-order valence-electron chi connectivity index (χ1n) is 6.38. The Morgan fingerprint density at radius 3 is 2.29 bits per heavy atom. The van der Waals surface area contributed by atoms with Gasteiger partial charge in [0.25, 0.3) is 0 Å². The van der Waals surface area contributed by atoms with E-state index in [0.29, 0.717) is 6.04 Å². The van der Waals surface area contributed by atoms with Gasteiger partial charge in [-0.3, -0.25) is 4.90 Å². The van der Waals surface area contributed by atoms with Gasteiger partial charge in [0.1, 0.15) is 0 Å². The van der Waals surface area contributed by atoms with Crippen LogP contribution in [0.15, 0.2) is 30.3 Å². The SMILES string of the molecule is CC(CNC(C)(C)C)N(C)Cc1ccccc1. The minimum atomic E-state index is 0.196. The van der Waals surface area contributed by atoms with Crippen molar-refractivity contribution < 1.29 is 0 Å². The van der Waals surface area contributed by atoms with E-state index in [0.717, 1.165) is 13.1 Å². The summed E-state index contributed by atoms with van der Waals surface area (Å²) in [6.45, 7) is 10.9. The summed E-state index contributed by atoms with van der Waals surface area (Å²) in [5.41, 5.74) is 1.57. The smallest absolute Gasteiger partial charge is 0.0234 e. The lowest BCUT2D eigenvalue weighted by atomic mass is 10.1. The van der Waals surface area contributed by atoms with E-state index in [-0.39, 0.29) is 5.54 Å². The average Bonchev–Trinajstić information content (AvgIpc) is 2.26. The van der Waals surface area contributed by atoms with Crippen molar-refractivity contribution in [2.75, 3.05) is 13.6 Å². The lowest BCUT2D eigenvalue weighted by molar-refractivity contribution is 0.228. The summed E-state index contributed by atoms with van der Waals surface area (Å²) in [7, 11) is 2.18. The maximum atomic E-state index is 3.55. The minimum absolute atomic E-state index is 0.196. The van der Waals surface area contributed by atoms with Crippen molar-refractivity contribution in [2.24, 2.45) is 0 Å². The Morgan fingerprint density at radius 2 is 1.76 bits per heavy atom. The summed E-state index contributed by atoms with van der Waals surface area (Å²) >= 11 is 0. The third-order valence-electron chi connectivity index (χ3n) is 2.96. The summed E-state index contributed by atoms with van der Waals surface area (Å²) < 4.78 is 0. The normalized spacial score (nSPS) is 14.0. The molecular formula is C15H26N2. The minimum Gasteiger partial charge on any atom is -0.311 e. The quantitative estimate of drug-likeness (QED) is 0.842. The van der Waals surface area contributed by atoms with E-state index >= 15 is 0 Å². The van der Waals surface area contributed by atoms with Crippen LogP contribution in [0.2, 0.25) is 0 Å². The fourth-order valence-electron chi connectivity index (χ4n) is 1.64. The number of hydrogen-bond acceptors (Lipinski definition) is 2. The molecule has 1 N–H and O–H groups in total. The van der Waals surface area contributed by atoms with Crippen LogP contribution in [-0.2, 0) is 6.54 Å². The lowest BCUT2D eigenvalue weighted by Crippen LogP contribution is -2.44. The monoisotopic (exact) mass is 234 g/mol. The van der Waals surface area contributed by atoms with Crippen LogP contribution in [0.3, 0.4) is 0 Å². The molecule has 0 spiro atoms. The topological polar surface area (TPSA) is 15.3 Å². The highest BCUT2D eigenvalue weighted by molar-refractivity contribution is 5.14. The largest absolute Gasteiger partial charge is 0.311 e. The molecule has 0 amide bonds. The Labute approximate surface area is 106 Å². The molecule has 0 aromatic heterocycles. The summed E-state index contributed by atoms with van der Waals surface area (Å²) in [5, 5.41) is 3.55. The van der Waals surface area contributed by atoms with Gasteiger partial charge in [-0.05, 0) is 40.3 Å². The maximum Gasteiger partial charge on any atom is 0.0234 e. The number of rotatable bonds is 5. The number of benzene rings is 1. The highest BCUT2D eigenvalue weighted by atomic mass is 15.1. The van der Waals surface area contributed by atoms with Crippen LogP contribution < -0.4 is 5.32 Å². The Hall–Kier alpha value is -0.860. The second-order valence-corrected chi connectivity index (χ2v) is 5.88. The molecule has 96 valence electrons. The first-order chi connectivity index (χ1) is 7.88. The van der Waals surface area contributed by atoms with Crippen molar-refractivity contribution >= 4 is 0 Å². The van der Waals surface area contributed by atoms with Gasteiger partial charge in [-0.2, -0.15) is 0 Å². The van der Waals surface area contributed by atoms with Gasteiger partial charge in [-0.25, -0.2) is 0 Å². The molecule has 0 saturated carbocycles. The highest BCUT2D eigenvalue weighted by Crippen LogP contribution is 2.06. The molecule has 1 aromatic carbocycles. The van der Waals surface area contributed by atoms with Gasteiger partial charge in [0.05, 0.1) is 0 Å². The summed E-state index contributed by atoms with van der Waals surface area (Å²) in [6.07, 6.45) is 0. The van der Waals surface area contributed by atoms with Crippen LogP contribution in [-0.4, -0.2) is 30.1 Å². The molecule has 0 aliphatic carbocycles. The lowest BCUT2D eigenvalue weighted by Gasteiger charge is -2.29. The molecule has 0 aliphatic heterocycles. The molecule has 1 unspecified atom stereocenters. The zero-order valence-corrected chi connectivity index (χ0v) is 11.8. The molecule has 2 nitrogen and oxygen atoms in total. The van der Waals surface area contributed by atoms with Crippen molar-refractivity contribution in [1.29, 1.82) is 0 Å². The first-order valence-corrected chi connectivity index (χ1v) is 6.38. The Balaban J connectivity index is 2.40. The van der Waals surface area contributed by atoms with Gasteiger partial charge in [-0.15, -0.1) is 0 Å². The second-order valence-electron chi connectivity index (χ2n) is 5.88. The van der Waals surface area contributed by atoms with Crippen LogP contribution in [0.4, 0.5) is 0 Å². The molecule has 1 aromatic rings. The zero-order valence-electron chi connectivity index (χ0n) is 11.8. The Bertz CT molecular complexity index is 313. The average molecular weight is 234 g/mol. The summed E-state index contributed by atoms with van der Waals surface area (Å²) in [6, 6.07) is 11.2. The van der Waals surface area contributed by atoms with Gasteiger partial charge in [0.2, 0.25) is 0 Å². The van der Waals surface area contributed by atoms with Crippen LogP contribution in [0.25, 0.3) is 0 Å². The molecule has 0 saturated heterocycles. The fourth-order valence-corrected chi connectivity index (χ4v) is 1.64. The molecule has 0 bridgehead atoms. The van der Waals surface area contributed by atoms with Crippen LogP contribution in [0.1, 0.15) is 33.3 Å². The number of nitrogens with one attached hydrogen (secondary N) is 1. The van der Waals surface area contributed by atoms with E-state index in [4.69, 9.17) is 0 Å². The van der Waals surface area contributed by atoms with E-state index in [1.165, 1.54) is 5.56 Å². The van der Waals surface area contributed by atoms with Crippen LogP contribution in [0.5, 0.6) is 0 Å². The molecule has 2 heteroatoms. The van der Waals surface area contributed by atoms with Gasteiger partial charge in [-0.1, -0.05) is 30.3 Å². The van der Waals surface area contributed by atoms with E-state index in [9.17, 15) is 0 Å². The zero-order chi connectivity index (χ0) is 12.9. The van der Waals surface area contributed by atoms with Gasteiger partial charge < -0.3 is 5.32 Å². The molecule has 0 heterocycles. The third-order valence-corrected chi connectivity index (χ3v) is 2.96. The predicted molar refractivity (Wildman–Crippen MR) is 75.1 cm³/mol. The van der Waals surface area contributed by atoms with Crippen molar-refractivity contribution in [1.82, 2.24) is 10.2 Å². The molecule has 0 aliphatic rings. The van der Waals surface area contributed by atoms with E-state index in [1.807, 2.05) is 0 Å². The maximum absolute atomic E-state index is 3.55. The first kappa shape index (κ1) is 14.2. The van der Waals surface area contributed by atoms with Gasteiger partial charge in [0.15, 0.2) is 0 Å². The summed E-state index contributed by atoms with van der Waals surface area (Å²) in [5.74, 6) is 0. The number of likely N-dealkylation sites (N-methyl/N-ethyl adjacent to an activating group) is 1. The van der Waals surface area contributed by atoms with Crippen LogP contribution in [0, 0.1) is 0 Å². The molecular weight excluding hydrogens is 208 g/mol. The molecule has 0 radical (unpaired) electrons. The van der Waals surface area contributed by atoms with Gasteiger partial charge in [0, 0.05) is 24.7 Å². The molecule has 1 atom stereocenters. The van der Waals surface area contributed by atoms with E-state index in [2.05, 4.69) is 75.3 Å². The number of nitrogens with zero attached hydrogens (tertiary/aromatic N) is 1. The van der Waals surface area contributed by atoms with Crippen molar-refractivity contribution in [2.45, 2.75) is 45.8 Å². The third kappa shape index (κ3) is 5.85. The van der Waals surface area contributed by atoms with Crippen molar-refractivity contribution in [3.05, 3.63) is 35.9 Å². The second kappa shape index (κ2) is 6.18. The Kier molecular flexibility index (Phi) is 5.16. The van der Waals surface area contributed by atoms with Gasteiger partial charge >= 0.3 is 0 Å². The predicted octanol–water partition coefficient (Wildman–Crippen LogP) is 2.90. The van der Waals surface area contributed by atoms with Crippen molar-refractivity contribution in [3.8, 4) is 0 Å². The van der Waals surface area contributed by atoms with E-state index < -0.39 is 0 Å². The summed E-state index contributed by atoms with van der Waals surface area (Å²) in [4.78, 5) is 2.38. The Morgan fingerprint density at radius 1 is 1.18 bits per heavy atom. The molecule has 17 heavy (non-hydrogen) atoms. The molecule has 0 fully saturated rings. The molecule has 1 rings (SSSR count). The fraction of sp³-hybridized carbons (Fsp3) is 0.600. The van der Waals surface area contributed by atoms with E-state index in [1.54, 1.807) is 0 Å². The number of hydrogen-bond donors (Lipinski definition) is 1. The van der Waals surface area contributed by atoms with Crippen LogP contribution >= 0.6 is 0 Å². The van der Waals surface area contributed by atoms with Crippen molar-refractivity contribution in [3.63, 3.8) is 0 Å².